The van der Waals surface area contributed by atoms with Crippen LogP contribution in [0.25, 0.3) is 0 Å². The number of primary amides is 1. The summed E-state index contributed by atoms with van der Waals surface area (Å²) in [4.78, 5) is 13.4. The summed E-state index contributed by atoms with van der Waals surface area (Å²) in [5.74, 6) is -0.227. The van der Waals surface area contributed by atoms with Gasteiger partial charge in [0.25, 0.3) is 0 Å². The fourth-order valence-corrected chi connectivity index (χ4v) is 2.32. The molecule has 1 amide bonds. The molecule has 1 aromatic carbocycles. The van der Waals surface area contributed by atoms with Crippen LogP contribution in [0.1, 0.15) is 24.0 Å². The lowest BCUT2D eigenvalue weighted by molar-refractivity contribution is -0.122. The monoisotopic (exact) mass is 234 g/mol. The number of amides is 1. The van der Waals surface area contributed by atoms with Crippen molar-refractivity contribution in [3.63, 3.8) is 0 Å². The molecular weight excluding hydrogens is 216 g/mol. The number of aliphatic hydroxyl groups is 1. The second kappa shape index (κ2) is 5.29. The molecule has 2 rings (SSSR count). The Morgan fingerprint density at radius 1 is 1.35 bits per heavy atom. The molecule has 1 aromatic rings. The first kappa shape index (κ1) is 12.1. The van der Waals surface area contributed by atoms with E-state index in [0.717, 1.165) is 37.1 Å². The molecule has 1 atom stereocenters. The number of aliphatic hydroxyl groups excluding tert-OH is 1. The quantitative estimate of drug-likeness (QED) is 0.803. The molecule has 3 N–H and O–H groups in total. The molecule has 92 valence electrons. The summed E-state index contributed by atoms with van der Waals surface area (Å²) in [6.07, 6.45) is 1.90. The number of likely N-dealkylation sites (tertiary alicyclic amines) is 1. The van der Waals surface area contributed by atoms with Gasteiger partial charge in [0.05, 0.1) is 12.6 Å². The van der Waals surface area contributed by atoms with E-state index in [1.165, 1.54) is 0 Å². The number of carbonyl (C=O) groups excluding carboxylic acids is 1. The lowest BCUT2D eigenvalue weighted by atomic mass is 10.1. The van der Waals surface area contributed by atoms with Crippen LogP contribution in [0.4, 0.5) is 0 Å². The summed E-state index contributed by atoms with van der Waals surface area (Å²) < 4.78 is 0. The summed E-state index contributed by atoms with van der Waals surface area (Å²) in [7, 11) is 0. The lowest BCUT2D eigenvalue weighted by Gasteiger charge is -2.21. The number of rotatable bonds is 4. The van der Waals surface area contributed by atoms with Gasteiger partial charge in [0.15, 0.2) is 0 Å². The van der Waals surface area contributed by atoms with Crippen molar-refractivity contribution in [1.29, 1.82) is 0 Å². The van der Waals surface area contributed by atoms with E-state index in [-0.39, 0.29) is 18.6 Å². The van der Waals surface area contributed by atoms with Crippen LogP contribution in [-0.4, -0.2) is 28.5 Å². The third kappa shape index (κ3) is 2.84. The van der Waals surface area contributed by atoms with Crippen molar-refractivity contribution >= 4 is 5.91 Å². The maximum Gasteiger partial charge on any atom is 0.234 e. The molecule has 0 radical (unpaired) electrons. The third-order valence-electron chi connectivity index (χ3n) is 3.28. The Bertz CT molecular complexity index is 389. The van der Waals surface area contributed by atoms with E-state index < -0.39 is 0 Å². The summed E-state index contributed by atoms with van der Waals surface area (Å²) in [5.41, 5.74) is 7.43. The normalized spacial score (nSPS) is 20.6. The first-order valence-electron chi connectivity index (χ1n) is 5.93. The summed E-state index contributed by atoms with van der Waals surface area (Å²) in [5, 5.41) is 8.96. The molecule has 0 bridgehead atoms. The summed E-state index contributed by atoms with van der Waals surface area (Å²) in [6, 6.07) is 7.67. The average Bonchev–Trinajstić information content (AvgIpc) is 2.78. The molecule has 1 saturated heterocycles. The number of benzene rings is 1. The smallest absolute Gasteiger partial charge is 0.234 e. The highest BCUT2D eigenvalue weighted by molar-refractivity contribution is 5.80. The maximum absolute atomic E-state index is 11.3. The molecule has 4 nitrogen and oxygen atoms in total. The Hall–Kier alpha value is -1.39. The Labute approximate surface area is 101 Å². The zero-order chi connectivity index (χ0) is 12.3. The molecule has 0 spiro atoms. The fourth-order valence-electron chi connectivity index (χ4n) is 2.32. The highest BCUT2D eigenvalue weighted by Gasteiger charge is 2.28. The zero-order valence-electron chi connectivity index (χ0n) is 9.80. The SMILES string of the molecule is NC(=O)C1CCCN1Cc1ccc(CO)cc1. The van der Waals surface area contributed by atoms with Gasteiger partial charge in [-0.1, -0.05) is 24.3 Å². The van der Waals surface area contributed by atoms with Gasteiger partial charge in [-0.05, 0) is 30.5 Å². The van der Waals surface area contributed by atoms with Gasteiger partial charge < -0.3 is 10.8 Å². The summed E-state index contributed by atoms with van der Waals surface area (Å²) >= 11 is 0. The van der Waals surface area contributed by atoms with Crippen LogP contribution < -0.4 is 5.73 Å². The van der Waals surface area contributed by atoms with E-state index in [0.29, 0.717) is 0 Å². The minimum absolute atomic E-state index is 0.0634. The number of nitrogens with two attached hydrogens (primary N) is 1. The zero-order valence-corrected chi connectivity index (χ0v) is 9.80. The van der Waals surface area contributed by atoms with Gasteiger partial charge in [-0.2, -0.15) is 0 Å². The van der Waals surface area contributed by atoms with Gasteiger partial charge in [-0.15, -0.1) is 0 Å². The topological polar surface area (TPSA) is 66.6 Å². The van der Waals surface area contributed by atoms with Crippen molar-refractivity contribution < 1.29 is 9.90 Å². The maximum atomic E-state index is 11.3. The van der Waals surface area contributed by atoms with E-state index in [2.05, 4.69) is 4.90 Å². The second-order valence-corrected chi connectivity index (χ2v) is 4.51. The number of hydrogen-bond acceptors (Lipinski definition) is 3. The molecular formula is C13H18N2O2. The molecule has 0 aliphatic carbocycles. The second-order valence-electron chi connectivity index (χ2n) is 4.51. The molecule has 0 saturated carbocycles. The predicted octanol–water partition coefficient (Wildman–Crippen LogP) is 0.629. The van der Waals surface area contributed by atoms with Crippen molar-refractivity contribution in [2.24, 2.45) is 5.73 Å². The fraction of sp³-hybridized carbons (Fsp3) is 0.462. The lowest BCUT2D eigenvalue weighted by Crippen LogP contribution is -2.39. The summed E-state index contributed by atoms with van der Waals surface area (Å²) in [6.45, 7) is 1.74. The largest absolute Gasteiger partial charge is 0.392 e. The van der Waals surface area contributed by atoms with Crippen molar-refractivity contribution in [2.45, 2.75) is 32.0 Å². The Balaban J connectivity index is 2.02. The molecule has 4 heteroatoms. The first-order chi connectivity index (χ1) is 8.20. The van der Waals surface area contributed by atoms with Crippen molar-refractivity contribution in [3.8, 4) is 0 Å². The van der Waals surface area contributed by atoms with Crippen LogP contribution in [0.3, 0.4) is 0 Å². The molecule has 17 heavy (non-hydrogen) atoms. The Morgan fingerprint density at radius 2 is 2.00 bits per heavy atom. The standard InChI is InChI=1S/C13H18N2O2/c14-13(17)12-2-1-7-15(12)8-10-3-5-11(9-16)6-4-10/h3-6,12,16H,1-2,7-9H2,(H2,14,17). The van der Waals surface area contributed by atoms with Crippen LogP contribution in [-0.2, 0) is 17.9 Å². The van der Waals surface area contributed by atoms with Crippen LogP contribution >= 0.6 is 0 Å². The van der Waals surface area contributed by atoms with E-state index in [4.69, 9.17) is 10.8 Å². The molecule has 1 heterocycles. The van der Waals surface area contributed by atoms with E-state index in [1.807, 2.05) is 24.3 Å². The van der Waals surface area contributed by atoms with Crippen LogP contribution in [0, 0.1) is 0 Å². The minimum Gasteiger partial charge on any atom is -0.392 e. The van der Waals surface area contributed by atoms with Crippen LogP contribution in [0.2, 0.25) is 0 Å². The molecule has 0 aromatic heterocycles. The molecule has 1 unspecified atom stereocenters. The van der Waals surface area contributed by atoms with Crippen LogP contribution in [0.15, 0.2) is 24.3 Å². The van der Waals surface area contributed by atoms with Gasteiger partial charge in [0.1, 0.15) is 0 Å². The van der Waals surface area contributed by atoms with E-state index >= 15 is 0 Å². The first-order valence-corrected chi connectivity index (χ1v) is 5.93. The van der Waals surface area contributed by atoms with Crippen molar-refractivity contribution in [2.75, 3.05) is 6.54 Å². The molecule has 1 aliphatic rings. The van der Waals surface area contributed by atoms with Gasteiger partial charge >= 0.3 is 0 Å². The van der Waals surface area contributed by atoms with Gasteiger partial charge in [0.2, 0.25) is 5.91 Å². The number of carbonyl (C=O) groups is 1. The number of nitrogens with zero attached hydrogens (tertiary/aromatic N) is 1. The molecule has 1 aliphatic heterocycles. The Kier molecular flexibility index (Phi) is 3.76. The van der Waals surface area contributed by atoms with Gasteiger partial charge in [-0.25, -0.2) is 0 Å². The van der Waals surface area contributed by atoms with E-state index in [1.54, 1.807) is 0 Å². The predicted molar refractivity (Wildman–Crippen MR) is 65.0 cm³/mol. The number of hydrogen-bond donors (Lipinski definition) is 2. The minimum atomic E-state index is -0.227. The van der Waals surface area contributed by atoms with E-state index in [9.17, 15) is 4.79 Å². The average molecular weight is 234 g/mol. The van der Waals surface area contributed by atoms with Gasteiger partial charge in [-0.3, -0.25) is 9.69 Å². The highest BCUT2D eigenvalue weighted by atomic mass is 16.3. The molecule has 1 fully saturated rings. The van der Waals surface area contributed by atoms with Crippen molar-refractivity contribution in [1.82, 2.24) is 4.90 Å². The Morgan fingerprint density at radius 3 is 2.59 bits per heavy atom. The highest BCUT2D eigenvalue weighted by Crippen LogP contribution is 2.19. The van der Waals surface area contributed by atoms with Crippen LogP contribution in [0.5, 0.6) is 0 Å². The van der Waals surface area contributed by atoms with Gasteiger partial charge in [0, 0.05) is 6.54 Å². The van der Waals surface area contributed by atoms with Crippen molar-refractivity contribution in [3.05, 3.63) is 35.4 Å². The third-order valence-corrected chi connectivity index (χ3v) is 3.28.